The van der Waals surface area contributed by atoms with Gasteiger partial charge >= 0.3 is 0 Å². The molecule has 0 aromatic rings. The Labute approximate surface area is 97.8 Å². The lowest BCUT2D eigenvalue weighted by Gasteiger charge is -2.41. The lowest BCUT2D eigenvalue weighted by Crippen LogP contribution is -2.50. The zero-order chi connectivity index (χ0) is 11.4. The number of nitrogens with zero attached hydrogens (tertiary/aromatic N) is 1. The van der Waals surface area contributed by atoms with Gasteiger partial charge in [-0.15, -0.1) is 0 Å². The third-order valence-corrected chi connectivity index (χ3v) is 4.07. The lowest BCUT2D eigenvalue weighted by atomic mass is 9.89. The Morgan fingerprint density at radius 2 is 1.94 bits per heavy atom. The van der Waals surface area contributed by atoms with Crippen molar-refractivity contribution >= 4 is 5.78 Å². The quantitative estimate of drug-likeness (QED) is 0.741. The standard InChI is InChI=1S/C13H23NO2/c15-10-9-14(11-5-4-6-11)12-7-2-1-3-8-13(12)16/h11-12,15H,1-10H2. The number of carbonyl (C=O) groups excluding carboxylic acids is 1. The molecule has 0 amide bonds. The summed E-state index contributed by atoms with van der Waals surface area (Å²) in [5, 5.41) is 9.14. The molecule has 0 saturated heterocycles. The smallest absolute Gasteiger partial charge is 0.149 e. The summed E-state index contributed by atoms with van der Waals surface area (Å²) < 4.78 is 0. The monoisotopic (exact) mass is 225 g/mol. The van der Waals surface area contributed by atoms with E-state index in [0.29, 0.717) is 18.4 Å². The van der Waals surface area contributed by atoms with E-state index in [1.165, 1.54) is 32.1 Å². The molecule has 3 nitrogen and oxygen atoms in total. The number of aliphatic hydroxyl groups excluding tert-OH is 1. The minimum Gasteiger partial charge on any atom is -0.395 e. The fourth-order valence-electron chi connectivity index (χ4n) is 2.92. The number of ketones is 1. The SMILES string of the molecule is O=C1CCCCCC1N(CCO)C1CCC1. The highest BCUT2D eigenvalue weighted by Gasteiger charge is 2.34. The van der Waals surface area contributed by atoms with Gasteiger partial charge in [-0.05, 0) is 25.7 Å². The minimum atomic E-state index is 0.111. The topological polar surface area (TPSA) is 40.5 Å². The van der Waals surface area contributed by atoms with E-state index in [4.69, 9.17) is 5.11 Å². The molecule has 0 radical (unpaired) electrons. The predicted octanol–water partition coefficient (Wildman–Crippen LogP) is 1.73. The molecule has 0 heterocycles. The molecule has 3 heteroatoms. The van der Waals surface area contributed by atoms with Gasteiger partial charge in [0, 0.05) is 19.0 Å². The predicted molar refractivity (Wildman–Crippen MR) is 63.3 cm³/mol. The highest BCUT2D eigenvalue weighted by Crippen LogP contribution is 2.29. The van der Waals surface area contributed by atoms with E-state index in [2.05, 4.69) is 4.90 Å². The van der Waals surface area contributed by atoms with Crippen LogP contribution >= 0.6 is 0 Å². The summed E-state index contributed by atoms with van der Waals surface area (Å²) in [6.07, 6.45) is 8.90. The second-order valence-corrected chi connectivity index (χ2v) is 5.13. The Kier molecular flexibility index (Phi) is 4.36. The second kappa shape index (κ2) is 5.78. The number of Topliss-reactive ketones (excluding diaryl/α,β-unsaturated/α-hetero) is 1. The van der Waals surface area contributed by atoms with E-state index in [0.717, 1.165) is 19.3 Å². The zero-order valence-electron chi connectivity index (χ0n) is 10.0. The molecular weight excluding hydrogens is 202 g/mol. The number of hydrogen-bond acceptors (Lipinski definition) is 3. The third-order valence-electron chi connectivity index (χ3n) is 4.07. The number of aliphatic hydroxyl groups is 1. The van der Waals surface area contributed by atoms with Crippen molar-refractivity contribution < 1.29 is 9.90 Å². The van der Waals surface area contributed by atoms with E-state index in [1.807, 2.05) is 0 Å². The molecule has 92 valence electrons. The second-order valence-electron chi connectivity index (χ2n) is 5.13. The average Bonchev–Trinajstić information content (AvgIpc) is 2.39. The van der Waals surface area contributed by atoms with Gasteiger partial charge in [0.2, 0.25) is 0 Å². The van der Waals surface area contributed by atoms with Crippen molar-refractivity contribution in [3.05, 3.63) is 0 Å². The van der Waals surface area contributed by atoms with Crippen LogP contribution in [0.25, 0.3) is 0 Å². The Bertz CT molecular complexity index is 238. The van der Waals surface area contributed by atoms with Gasteiger partial charge in [-0.2, -0.15) is 0 Å². The van der Waals surface area contributed by atoms with Gasteiger partial charge in [0.05, 0.1) is 12.6 Å². The van der Waals surface area contributed by atoms with Crippen molar-refractivity contribution in [2.24, 2.45) is 0 Å². The highest BCUT2D eigenvalue weighted by atomic mass is 16.3. The molecule has 1 N–H and O–H groups in total. The van der Waals surface area contributed by atoms with Crippen LogP contribution in [0, 0.1) is 0 Å². The maximum Gasteiger partial charge on any atom is 0.149 e. The third kappa shape index (κ3) is 2.64. The molecule has 2 aliphatic carbocycles. The molecule has 2 aliphatic rings. The maximum absolute atomic E-state index is 12.1. The summed E-state index contributed by atoms with van der Waals surface area (Å²) in [7, 11) is 0. The molecule has 2 saturated carbocycles. The molecule has 16 heavy (non-hydrogen) atoms. The molecule has 1 unspecified atom stereocenters. The Morgan fingerprint density at radius 3 is 2.56 bits per heavy atom. The van der Waals surface area contributed by atoms with Crippen LogP contribution in [0.15, 0.2) is 0 Å². The molecule has 2 rings (SSSR count). The van der Waals surface area contributed by atoms with E-state index < -0.39 is 0 Å². The first kappa shape index (κ1) is 12.1. The van der Waals surface area contributed by atoms with E-state index in [9.17, 15) is 4.79 Å². The van der Waals surface area contributed by atoms with E-state index >= 15 is 0 Å². The molecular formula is C13H23NO2. The first-order valence-corrected chi connectivity index (χ1v) is 6.72. The van der Waals surface area contributed by atoms with Crippen LogP contribution in [0.4, 0.5) is 0 Å². The zero-order valence-corrected chi connectivity index (χ0v) is 10.0. The van der Waals surface area contributed by atoms with Crippen LogP contribution in [0.2, 0.25) is 0 Å². The van der Waals surface area contributed by atoms with Crippen LogP contribution in [-0.4, -0.2) is 41.0 Å². The van der Waals surface area contributed by atoms with Crippen LogP contribution < -0.4 is 0 Å². The summed E-state index contributed by atoms with van der Waals surface area (Å²) in [6, 6.07) is 0.680. The van der Waals surface area contributed by atoms with Gasteiger partial charge in [-0.25, -0.2) is 0 Å². The fourth-order valence-corrected chi connectivity index (χ4v) is 2.92. The van der Waals surface area contributed by atoms with Crippen molar-refractivity contribution in [1.82, 2.24) is 4.90 Å². The van der Waals surface area contributed by atoms with Crippen molar-refractivity contribution in [2.75, 3.05) is 13.2 Å². The van der Waals surface area contributed by atoms with Crippen LogP contribution in [0.5, 0.6) is 0 Å². The van der Waals surface area contributed by atoms with Gasteiger partial charge in [0.25, 0.3) is 0 Å². The van der Waals surface area contributed by atoms with Crippen molar-refractivity contribution in [1.29, 1.82) is 0 Å². The van der Waals surface area contributed by atoms with Gasteiger partial charge < -0.3 is 5.11 Å². The summed E-state index contributed by atoms with van der Waals surface area (Å²) >= 11 is 0. The van der Waals surface area contributed by atoms with Crippen LogP contribution in [0.3, 0.4) is 0 Å². The Balaban J connectivity index is 2.00. The first-order chi connectivity index (χ1) is 7.83. The van der Waals surface area contributed by atoms with Gasteiger partial charge in [-0.3, -0.25) is 9.69 Å². The van der Waals surface area contributed by atoms with Crippen LogP contribution in [0.1, 0.15) is 51.4 Å². The molecule has 0 aliphatic heterocycles. The Hall–Kier alpha value is -0.410. The molecule has 0 aromatic carbocycles. The minimum absolute atomic E-state index is 0.111. The maximum atomic E-state index is 12.1. The van der Waals surface area contributed by atoms with Gasteiger partial charge in [-0.1, -0.05) is 19.3 Å². The van der Waals surface area contributed by atoms with Crippen molar-refractivity contribution in [3.8, 4) is 0 Å². The molecule has 0 aromatic heterocycles. The normalized spacial score (nSPS) is 27.9. The summed E-state index contributed by atoms with van der Waals surface area (Å²) in [4.78, 5) is 14.3. The number of rotatable bonds is 4. The molecule has 1 atom stereocenters. The lowest BCUT2D eigenvalue weighted by molar-refractivity contribution is -0.126. The van der Waals surface area contributed by atoms with Crippen LogP contribution in [-0.2, 0) is 4.79 Å². The van der Waals surface area contributed by atoms with Crippen molar-refractivity contribution in [3.63, 3.8) is 0 Å². The first-order valence-electron chi connectivity index (χ1n) is 6.72. The van der Waals surface area contributed by atoms with Gasteiger partial charge in [0.15, 0.2) is 0 Å². The molecule has 0 spiro atoms. The summed E-state index contributed by atoms with van der Waals surface area (Å²) in [6.45, 7) is 0.862. The van der Waals surface area contributed by atoms with E-state index in [1.54, 1.807) is 0 Å². The number of carbonyl (C=O) groups is 1. The highest BCUT2D eigenvalue weighted by molar-refractivity contribution is 5.84. The Morgan fingerprint density at radius 1 is 1.12 bits per heavy atom. The van der Waals surface area contributed by atoms with Gasteiger partial charge in [0.1, 0.15) is 5.78 Å². The summed E-state index contributed by atoms with van der Waals surface area (Å²) in [5.74, 6) is 0.415. The largest absolute Gasteiger partial charge is 0.395 e. The van der Waals surface area contributed by atoms with Crippen molar-refractivity contribution in [2.45, 2.75) is 63.5 Å². The number of hydrogen-bond donors (Lipinski definition) is 1. The summed E-state index contributed by atoms with van der Waals surface area (Å²) in [5.41, 5.74) is 0. The average molecular weight is 225 g/mol. The molecule has 0 bridgehead atoms. The fraction of sp³-hybridized carbons (Fsp3) is 0.923. The molecule has 2 fully saturated rings. The van der Waals surface area contributed by atoms with E-state index in [-0.39, 0.29) is 12.6 Å².